The predicted octanol–water partition coefficient (Wildman–Crippen LogP) is 0.955. The van der Waals surface area contributed by atoms with E-state index in [4.69, 9.17) is 10.5 Å². The highest BCUT2D eigenvalue weighted by molar-refractivity contribution is 5.93. The van der Waals surface area contributed by atoms with E-state index in [1.807, 2.05) is 0 Å². The molecule has 0 saturated carbocycles. The van der Waals surface area contributed by atoms with E-state index in [2.05, 4.69) is 4.98 Å². The second kappa shape index (κ2) is 4.34. The van der Waals surface area contributed by atoms with Crippen molar-refractivity contribution in [1.29, 1.82) is 0 Å². The van der Waals surface area contributed by atoms with Gasteiger partial charge in [0.25, 0.3) is 5.56 Å². The minimum atomic E-state index is -0.593. The number of pyridine rings is 1. The lowest BCUT2D eigenvalue weighted by Crippen LogP contribution is -2.18. The van der Waals surface area contributed by atoms with E-state index in [9.17, 15) is 9.59 Å². The number of primary amides is 1. The third-order valence-corrected chi connectivity index (χ3v) is 3.10. The Balaban J connectivity index is 2.42. The van der Waals surface area contributed by atoms with Gasteiger partial charge >= 0.3 is 0 Å². The quantitative estimate of drug-likeness (QED) is 0.702. The normalized spacial score (nSPS) is 10.8. The van der Waals surface area contributed by atoms with Gasteiger partial charge in [0.1, 0.15) is 11.4 Å². The molecule has 2 aromatic heterocycles. The number of hydrogen-bond donors (Lipinski definition) is 1. The number of amides is 1. The fourth-order valence-electron chi connectivity index (χ4n) is 2.06. The van der Waals surface area contributed by atoms with Crippen LogP contribution in [0.5, 0.6) is 5.75 Å². The fourth-order valence-corrected chi connectivity index (χ4v) is 2.06. The number of carbonyl (C=O) groups excluding carboxylic acids is 1. The van der Waals surface area contributed by atoms with Crippen molar-refractivity contribution < 1.29 is 9.53 Å². The number of rotatable bonds is 2. The van der Waals surface area contributed by atoms with Crippen molar-refractivity contribution in [3.8, 4) is 5.75 Å². The first-order valence-corrected chi connectivity index (χ1v) is 5.90. The second-order valence-electron chi connectivity index (χ2n) is 4.31. The fraction of sp³-hybridized carbons (Fsp3) is 0.0714. The molecule has 20 heavy (non-hydrogen) atoms. The third kappa shape index (κ3) is 1.78. The molecule has 0 saturated heterocycles. The molecule has 0 aliphatic heterocycles. The van der Waals surface area contributed by atoms with E-state index < -0.39 is 5.91 Å². The molecular formula is C14H11N3O3. The Morgan fingerprint density at radius 1 is 1.30 bits per heavy atom. The molecule has 3 rings (SSSR count). The average Bonchev–Trinajstić information content (AvgIpc) is 2.47. The summed E-state index contributed by atoms with van der Waals surface area (Å²) in [6.07, 6.45) is 1.39. The molecule has 0 unspecified atom stereocenters. The smallest absolute Gasteiger partial charge is 0.265 e. The molecule has 3 aromatic rings. The van der Waals surface area contributed by atoms with E-state index in [1.165, 1.54) is 17.7 Å². The van der Waals surface area contributed by atoms with Crippen LogP contribution in [0, 0.1) is 0 Å². The molecule has 0 aliphatic rings. The van der Waals surface area contributed by atoms with Crippen LogP contribution >= 0.6 is 0 Å². The van der Waals surface area contributed by atoms with E-state index in [0.29, 0.717) is 22.3 Å². The predicted molar refractivity (Wildman–Crippen MR) is 74.0 cm³/mol. The van der Waals surface area contributed by atoms with Gasteiger partial charge in [-0.05, 0) is 30.3 Å². The zero-order valence-electron chi connectivity index (χ0n) is 10.7. The number of carbonyl (C=O) groups is 1. The Morgan fingerprint density at radius 2 is 2.10 bits per heavy atom. The monoisotopic (exact) mass is 269 g/mol. The highest BCUT2D eigenvalue weighted by Gasteiger charge is 2.08. The summed E-state index contributed by atoms with van der Waals surface area (Å²) < 4.78 is 6.41. The van der Waals surface area contributed by atoms with Gasteiger partial charge in [-0.3, -0.25) is 14.0 Å². The molecule has 2 N–H and O–H groups in total. The zero-order valence-corrected chi connectivity index (χ0v) is 10.7. The maximum Gasteiger partial charge on any atom is 0.265 e. The second-order valence-corrected chi connectivity index (χ2v) is 4.31. The van der Waals surface area contributed by atoms with E-state index in [0.717, 1.165) is 0 Å². The van der Waals surface area contributed by atoms with Crippen LogP contribution in [0.3, 0.4) is 0 Å². The van der Waals surface area contributed by atoms with Crippen LogP contribution < -0.4 is 16.0 Å². The molecule has 100 valence electrons. The molecule has 0 bridgehead atoms. The van der Waals surface area contributed by atoms with Crippen LogP contribution in [0.1, 0.15) is 10.4 Å². The number of benzene rings is 1. The van der Waals surface area contributed by atoms with E-state index in [-0.39, 0.29) is 11.1 Å². The lowest BCUT2D eigenvalue weighted by atomic mass is 10.2. The van der Waals surface area contributed by atoms with E-state index >= 15 is 0 Å². The van der Waals surface area contributed by atoms with Crippen molar-refractivity contribution in [2.24, 2.45) is 5.73 Å². The molecule has 0 atom stereocenters. The van der Waals surface area contributed by atoms with Gasteiger partial charge in [-0.1, -0.05) is 0 Å². The zero-order chi connectivity index (χ0) is 14.3. The summed E-state index contributed by atoms with van der Waals surface area (Å²) in [5.74, 6) is -0.0213. The van der Waals surface area contributed by atoms with Gasteiger partial charge in [0.15, 0.2) is 0 Å². The first-order chi connectivity index (χ1) is 9.60. The summed E-state index contributed by atoms with van der Waals surface area (Å²) in [6, 6.07) is 8.21. The number of ether oxygens (including phenoxy) is 1. The highest BCUT2D eigenvalue weighted by Crippen LogP contribution is 2.17. The van der Waals surface area contributed by atoms with Crippen molar-refractivity contribution in [2.45, 2.75) is 0 Å². The number of hydrogen-bond acceptors (Lipinski definition) is 4. The topological polar surface area (TPSA) is 86.7 Å². The first kappa shape index (κ1) is 12.2. The molecule has 1 amide bonds. The average molecular weight is 269 g/mol. The van der Waals surface area contributed by atoms with Crippen molar-refractivity contribution in [3.05, 3.63) is 52.4 Å². The molecule has 2 heterocycles. The summed E-state index contributed by atoms with van der Waals surface area (Å²) in [5, 5.41) is 0.420. The van der Waals surface area contributed by atoms with Crippen LogP contribution in [0.4, 0.5) is 0 Å². The lowest BCUT2D eigenvalue weighted by Gasteiger charge is -2.06. The molecule has 6 heteroatoms. The van der Waals surface area contributed by atoms with Crippen LogP contribution in [-0.2, 0) is 0 Å². The molecule has 0 fully saturated rings. The Bertz CT molecular complexity index is 899. The minimum Gasteiger partial charge on any atom is -0.497 e. The Labute approximate surface area is 113 Å². The van der Waals surface area contributed by atoms with Crippen LogP contribution in [0.25, 0.3) is 16.6 Å². The van der Waals surface area contributed by atoms with Crippen molar-refractivity contribution in [2.75, 3.05) is 7.11 Å². The highest BCUT2D eigenvalue weighted by atomic mass is 16.5. The number of nitrogens with zero attached hydrogens (tertiary/aromatic N) is 2. The van der Waals surface area contributed by atoms with Crippen LogP contribution in [-0.4, -0.2) is 22.4 Å². The number of nitrogens with two attached hydrogens (primary N) is 1. The van der Waals surface area contributed by atoms with E-state index in [1.54, 1.807) is 30.3 Å². The Hall–Kier alpha value is -2.89. The number of methoxy groups -OCH3 is 1. The largest absolute Gasteiger partial charge is 0.497 e. The first-order valence-electron chi connectivity index (χ1n) is 5.90. The lowest BCUT2D eigenvalue weighted by molar-refractivity contribution is 0.1000. The van der Waals surface area contributed by atoms with Crippen LogP contribution in [0.2, 0.25) is 0 Å². The summed E-state index contributed by atoms with van der Waals surface area (Å²) >= 11 is 0. The maximum atomic E-state index is 12.4. The summed E-state index contributed by atoms with van der Waals surface area (Å²) in [7, 11) is 1.53. The Morgan fingerprint density at radius 3 is 2.80 bits per heavy atom. The molecule has 0 aliphatic carbocycles. The summed E-state index contributed by atoms with van der Waals surface area (Å²) in [5.41, 5.74) is 6.23. The molecule has 6 nitrogen and oxygen atoms in total. The Kier molecular flexibility index (Phi) is 2.64. The summed E-state index contributed by atoms with van der Waals surface area (Å²) in [6.45, 7) is 0. The van der Waals surface area contributed by atoms with Crippen LogP contribution in [0.15, 0.2) is 41.3 Å². The van der Waals surface area contributed by atoms with Gasteiger partial charge in [0, 0.05) is 6.20 Å². The molecular weight excluding hydrogens is 258 g/mol. The third-order valence-electron chi connectivity index (χ3n) is 3.10. The minimum absolute atomic E-state index is 0.253. The SMILES string of the molecule is COc1ccc2nc3ccc(C(N)=O)cn3c(=O)c2c1. The maximum absolute atomic E-state index is 12.4. The van der Waals surface area contributed by atoms with Gasteiger partial charge < -0.3 is 10.5 Å². The number of fused-ring (bicyclic) bond motifs is 2. The summed E-state index contributed by atoms with van der Waals surface area (Å²) in [4.78, 5) is 28.0. The molecule has 0 spiro atoms. The molecule has 0 radical (unpaired) electrons. The van der Waals surface area contributed by atoms with Gasteiger partial charge in [0.05, 0.1) is 23.6 Å². The van der Waals surface area contributed by atoms with Crippen molar-refractivity contribution >= 4 is 22.5 Å². The standard InChI is InChI=1S/C14H11N3O3/c1-20-9-3-4-11-10(6-9)14(19)17-7-8(13(15)18)2-5-12(17)16-11/h2-7H,1H3,(H2,15,18). The van der Waals surface area contributed by atoms with Gasteiger partial charge in [-0.15, -0.1) is 0 Å². The van der Waals surface area contributed by atoms with Gasteiger partial charge in [0.2, 0.25) is 5.91 Å². The van der Waals surface area contributed by atoms with Crippen molar-refractivity contribution in [3.63, 3.8) is 0 Å². The van der Waals surface area contributed by atoms with Gasteiger partial charge in [-0.25, -0.2) is 4.98 Å². The van der Waals surface area contributed by atoms with Gasteiger partial charge in [-0.2, -0.15) is 0 Å². The van der Waals surface area contributed by atoms with Crippen molar-refractivity contribution in [1.82, 2.24) is 9.38 Å². The number of aromatic nitrogens is 2. The molecule has 1 aromatic carbocycles.